The summed E-state index contributed by atoms with van der Waals surface area (Å²) in [6.07, 6.45) is 2.41. The summed E-state index contributed by atoms with van der Waals surface area (Å²) >= 11 is 3.32. The lowest BCUT2D eigenvalue weighted by Gasteiger charge is -2.49. The second kappa shape index (κ2) is 7.62. The van der Waals surface area contributed by atoms with Gasteiger partial charge in [0.15, 0.2) is 5.06 Å². The largest absolute Gasteiger partial charge is 0.487 e. The normalized spacial score (nSPS) is 27.3. The van der Waals surface area contributed by atoms with E-state index in [9.17, 15) is 4.79 Å². The van der Waals surface area contributed by atoms with Crippen LogP contribution in [0, 0.1) is 5.92 Å². The van der Waals surface area contributed by atoms with Crippen molar-refractivity contribution in [1.82, 2.24) is 10.2 Å². The highest BCUT2D eigenvalue weighted by atomic mass is 32.2. The number of carbonyl (C=O) groups excluding carboxylic acids is 1. The van der Waals surface area contributed by atoms with Gasteiger partial charge in [-0.05, 0) is 75.2 Å². The average molecular weight is 389 g/mol. The van der Waals surface area contributed by atoms with Crippen molar-refractivity contribution < 1.29 is 9.53 Å². The van der Waals surface area contributed by atoms with Gasteiger partial charge in [-0.3, -0.25) is 9.69 Å². The summed E-state index contributed by atoms with van der Waals surface area (Å²) in [5.74, 6) is 0.674. The predicted molar refractivity (Wildman–Crippen MR) is 106 cm³/mol. The maximum atomic E-state index is 12.7. The maximum absolute atomic E-state index is 12.7. The highest BCUT2D eigenvalue weighted by Gasteiger charge is 2.40. The highest BCUT2D eigenvalue weighted by Crippen LogP contribution is 2.37. The fraction of sp³-hybridized carbons (Fsp3) is 0.450. The van der Waals surface area contributed by atoms with Crippen LogP contribution in [0.4, 0.5) is 0 Å². The van der Waals surface area contributed by atoms with E-state index >= 15 is 0 Å². The van der Waals surface area contributed by atoms with Gasteiger partial charge in [0.25, 0.3) is 5.91 Å². The van der Waals surface area contributed by atoms with E-state index in [2.05, 4.69) is 23.2 Å². The van der Waals surface area contributed by atoms with Gasteiger partial charge in [0, 0.05) is 22.5 Å². The van der Waals surface area contributed by atoms with Gasteiger partial charge in [-0.2, -0.15) is 0 Å². The maximum Gasteiger partial charge on any atom is 0.251 e. The lowest BCUT2D eigenvalue weighted by Crippen LogP contribution is -2.62. The van der Waals surface area contributed by atoms with E-state index in [1.807, 2.05) is 30.3 Å². The molecule has 138 valence electrons. The Kier molecular flexibility index (Phi) is 5.25. The van der Waals surface area contributed by atoms with Crippen molar-refractivity contribution in [1.29, 1.82) is 0 Å². The van der Waals surface area contributed by atoms with Gasteiger partial charge in [-0.15, -0.1) is 0 Å². The predicted octanol–water partition coefficient (Wildman–Crippen LogP) is 4.12. The zero-order chi connectivity index (χ0) is 18.1. The third-order valence-electron chi connectivity index (χ3n) is 5.57. The van der Waals surface area contributed by atoms with Gasteiger partial charge < -0.3 is 10.1 Å². The standard InChI is InChI=1S/C20H24N2O2S2/c1-13-19(14-9-11-22(13)12-10-14)21-20(23)15-3-5-16(6-4-15)25-18-8-7-17(24-2)26-18/h3-8,13-14,19H,9-12H2,1-2H3,(H,21,23)/t13-,19+/m1/s1. The number of piperidine rings is 3. The minimum atomic E-state index is 0.0462. The molecule has 1 amide bonds. The van der Waals surface area contributed by atoms with Gasteiger partial charge in [0.2, 0.25) is 0 Å². The molecular formula is C20H24N2O2S2. The third-order valence-corrected chi connectivity index (χ3v) is 7.75. The molecule has 6 heteroatoms. The molecule has 0 radical (unpaired) electrons. The van der Waals surface area contributed by atoms with Gasteiger partial charge in [-0.1, -0.05) is 23.1 Å². The Hall–Kier alpha value is -1.50. The van der Waals surface area contributed by atoms with Crippen LogP contribution in [-0.4, -0.2) is 43.1 Å². The molecule has 0 spiro atoms. The molecule has 3 aliphatic heterocycles. The third kappa shape index (κ3) is 3.63. The van der Waals surface area contributed by atoms with Crippen molar-refractivity contribution >= 4 is 29.0 Å². The molecule has 1 aromatic heterocycles. The molecule has 1 aromatic carbocycles. The Labute approximate surface area is 162 Å². The second-order valence-corrected chi connectivity index (χ2v) is 9.44. The van der Waals surface area contributed by atoms with Crippen LogP contribution in [0.25, 0.3) is 0 Å². The Bertz CT molecular complexity index is 764. The van der Waals surface area contributed by atoms with Crippen LogP contribution < -0.4 is 10.1 Å². The number of hydrogen-bond acceptors (Lipinski definition) is 5. The smallest absolute Gasteiger partial charge is 0.251 e. The van der Waals surface area contributed by atoms with Crippen molar-refractivity contribution in [2.45, 2.75) is 41.0 Å². The molecule has 0 aliphatic carbocycles. The lowest BCUT2D eigenvalue weighted by atomic mass is 9.79. The first-order valence-corrected chi connectivity index (χ1v) is 10.7. The van der Waals surface area contributed by atoms with Gasteiger partial charge in [0.1, 0.15) is 0 Å². The molecule has 3 fully saturated rings. The highest BCUT2D eigenvalue weighted by molar-refractivity contribution is 8.01. The molecule has 0 unspecified atom stereocenters. The van der Waals surface area contributed by atoms with E-state index in [1.165, 1.54) is 30.1 Å². The van der Waals surface area contributed by atoms with E-state index in [0.717, 1.165) is 15.5 Å². The molecule has 5 rings (SSSR count). The van der Waals surface area contributed by atoms with Crippen molar-refractivity contribution in [2.24, 2.45) is 5.92 Å². The molecule has 3 aliphatic rings. The van der Waals surface area contributed by atoms with Gasteiger partial charge >= 0.3 is 0 Å². The van der Waals surface area contributed by atoms with E-state index in [1.54, 1.807) is 30.2 Å². The molecule has 3 saturated heterocycles. The fourth-order valence-electron chi connectivity index (χ4n) is 4.04. The number of fused-ring (bicyclic) bond motifs is 3. The second-order valence-electron chi connectivity index (χ2n) is 7.02. The van der Waals surface area contributed by atoms with Crippen LogP contribution in [-0.2, 0) is 0 Å². The molecule has 4 heterocycles. The molecule has 2 aromatic rings. The van der Waals surface area contributed by atoms with Crippen molar-refractivity contribution in [3.8, 4) is 5.06 Å². The average Bonchev–Trinajstić information content (AvgIpc) is 3.13. The molecule has 1 N–H and O–H groups in total. The van der Waals surface area contributed by atoms with Crippen molar-refractivity contribution in [3.63, 3.8) is 0 Å². The van der Waals surface area contributed by atoms with Crippen LogP contribution >= 0.6 is 23.1 Å². The summed E-state index contributed by atoms with van der Waals surface area (Å²) in [7, 11) is 1.68. The summed E-state index contributed by atoms with van der Waals surface area (Å²) in [6, 6.07) is 12.6. The summed E-state index contributed by atoms with van der Waals surface area (Å²) in [4.78, 5) is 16.3. The van der Waals surface area contributed by atoms with Crippen molar-refractivity contribution in [2.75, 3.05) is 20.2 Å². The number of methoxy groups -OCH3 is 1. The lowest BCUT2D eigenvalue weighted by molar-refractivity contribution is 0.0217. The minimum absolute atomic E-state index is 0.0462. The van der Waals surface area contributed by atoms with Crippen LogP contribution in [0.5, 0.6) is 5.06 Å². The Balaban J connectivity index is 1.39. The van der Waals surface area contributed by atoms with E-state index in [-0.39, 0.29) is 11.9 Å². The number of hydrogen-bond donors (Lipinski definition) is 1. The van der Waals surface area contributed by atoms with Crippen LogP contribution in [0.15, 0.2) is 45.5 Å². The Morgan fingerprint density at radius 3 is 2.54 bits per heavy atom. The first kappa shape index (κ1) is 17.9. The van der Waals surface area contributed by atoms with E-state index in [4.69, 9.17) is 4.74 Å². The van der Waals surface area contributed by atoms with Gasteiger partial charge in [-0.25, -0.2) is 0 Å². The number of thiophene rings is 1. The van der Waals surface area contributed by atoms with Crippen LogP contribution in [0.2, 0.25) is 0 Å². The number of benzene rings is 1. The number of nitrogens with one attached hydrogen (secondary N) is 1. The number of rotatable bonds is 5. The quantitative estimate of drug-likeness (QED) is 0.837. The minimum Gasteiger partial charge on any atom is -0.487 e. The summed E-state index contributed by atoms with van der Waals surface area (Å²) in [5, 5.41) is 4.21. The zero-order valence-electron chi connectivity index (χ0n) is 15.1. The SMILES string of the molecule is COc1ccc(Sc2ccc(C(=O)N[C@@H]3C4CCN(CC4)[C@@H]3C)cc2)s1. The number of nitrogens with zero attached hydrogens (tertiary/aromatic N) is 1. The Morgan fingerprint density at radius 2 is 1.92 bits per heavy atom. The zero-order valence-corrected chi connectivity index (χ0v) is 16.7. The molecule has 4 nitrogen and oxygen atoms in total. The Morgan fingerprint density at radius 1 is 1.19 bits per heavy atom. The molecule has 2 atom stereocenters. The van der Waals surface area contributed by atoms with Crippen molar-refractivity contribution in [3.05, 3.63) is 42.0 Å². The molecular weight excluding hydrogens is 364 g/mol. The monoisotopic (exact) mass is 388 g/mol. The molecule has 2 bridgehead atoms. The fourth-order valence-corrected chi connectivity index (χ4v) is 5.93. The molecule has 26 heavy (non-hydrogen) atoms. The summed E-state index contributed by atoms with van der Waals surface area (Å²) < 4.78 is 6.41. The summed E-state index contributed by atoms with van der Waals surface area (Å²) in [5.41, 5.74) is 0.738. The number of amides is 1. The first-order chi connectivity index (χ1) is 12.6. The van der Waals surface area contributed by atoms with E-state index in [0.29, 0.717) is 12.0 Å². The molecule has 0 saturated carbocycles. The van der Waals surface area contributed by atoms with Crippen LogP contribution in [0.3, 0.4) is 0 Å². The summed E-state index contributed by atoms with van der Waals surface area (Å²) in [6.45, 7) is 4.60. The topological polar surface area (TPSA) is 41.6 Å². The first-order valence-electron chi connectivity index (χ1n) is 9.10. The van der Waals surface area contributed by atoms with E-state index < -0.39 is 0 Å². The number of ether oxygens (including phenoxy) is 1. The number of carbonyl (C=O) groups is 1. The van der Waals surface area contributed by atoms with Gasteiger partial charge in [0.05, 0.1) is 11.3 Å². The van der Waals surface area contributed by atoms with Crippen LogP contribution in [0.1, 0.15) is 30.1 Å².